The van der Waals surface area contributed by atoms with Gasteiger partial charge in [-0.05, 0) is 35.4 Å². The van der Waals surface area contributed by atoms with Crippen LogP contribution in [0.4, 0.5) is 0 Å². The van der Waals surface area contributed by atoms with Gasteiger partial charge < -0.3 is 19.8 Å². The number of morpholine rings is 1. The zero-order chi connectivity index (χ0) is 29.2. The van der Waals surface area contributed by atoms with Crippen LogP contribution in [-0.2, 0) is 31.3 Å². The Bertz CT molecular complexity index is 1760. The molecule has 2 aromatic carbocycles. The Balaban J connectivity index is 1.43. The molecular weight excluding hydrogens is 595 g/mol. The minimum atomic E-state index is -4.03. The van der Waals surface area contributed by atoms with E-state index in [9.17, 15) is 21.6 Å². The van der Waals surface area contributed by atoms with Gasteiger partial charge in [0.2, 0.25) is 11.8 Å². The second-order valence-corrected chi connectivity index (χ2v) is 13.8. The van der Waals surface area contributed by atoms with Gasteiger partial charge in [-0.2, -0.15) is 13.1 Å². The zero-order valence-electron chi connectivity index (χ0n) is 21.6. The summed E-state index contributed by atoms with van der Waals surface area (Å²) in [5.41, 5.74) is 8.44. The molecule has 3 heterocycles. The van der Waals surface area contributed by atoms with Gasteiger partial charge in [-0.15, -0.1) is 21.5 Å². The van der Waals surface area contributed by atoms with Crippen molar-refractivity contribution in [3.05, 3.63) is 64.8 Å². The molecule has 1 atom stereocenters. The van der Waals surface area contributed by atoms with Crippen molar-refractivity contribution in [2.24, 2.45) is 10.9 Å². The highest BCUT2D eigenvalue weighted by atomic mass is 32.2. The zero-order valence-corrected chi connectivity index (χ0v) is 24.0. The number of thiazole rings is 1. The van der Waals surface area contributed by atoms with Crippen molar-refractivity contribution in [3.8, 4) is 11.1 Å². The van der Waals surface area contributed by atoms with Crippen molar-refractivity contribution in [1.82, 2.24) is 24.8 Å². The van der Waals surface area contributed by atoms with Gasteiger partial charge in [0.1, 0.15) is 5.01 Å². The number of benzene rings is 2. The van der Waals surface area contributed by atoms with Crippen LogP contribution in [0.5, 0.6) is 0 Å². The number of hydrogen-bond donors (Lipinski definition) is 3. The standard InChI is InChI=1S/C24H27N7O7S3/c25-7-12-40(33,34)21(22-30-29-20(38-22)14-27-41(26,35)36)23-28-18-6-5-17(13-19(18)39-23)15-1-3-16(4-2-15)24(32)31-8-10-37-11-9-31/h1-6,13,21,27H,7-12,14,25H2,(H2,26,35,36). The predicted octanol–water partition coefficient (Wildman–Crippen LogP) is 0.575. The topological polar surface area (TPSA) is 214 Å². The monoisotopic (exact) mass is 621 g/mol. The lowest BCUT2D eigenvalue weighted by molar-refractivity contribution is 0.0303. The van der Waals surface area contributed by atoms with Gasteiger partial charge in [0, 0.05) is 25.2 Å². The van der Waals surface area contributed by atoms with Gasteiger partial charge in [-0.25, -0.2) is 18.5 Å². The average Bonchev–Trinajstić information content (AvgIpc) is 3.58. The van der Waals surface area contributed by atoms with E-state index in [4.69, 9.17) is 20.0 Å². The largest absolute Gasteiger partial charge is 0.422 e. The van der Waals surface area contributed by atoms with Gasteiger partial charge in [-0.1, -0.05) is 18.2 Å². The number of rotatable bonds is 10. The quantitative estimate of drug-likeness (QED) is 0.223. The van der Waals surface area contributed by atoms with Crippen LogP contribution in [0.25, 0.3) is 21.3 Å². The third-order valence-corrected chi connectivity index (χ3v) is 10.0. The number of amides is 1. The lowest BCUT2D eigenvalue weighted by atomic mass is 10.0. The fraction of sp³-hybridized carbons (Fsp3) is 0.333. The lowest BCUT2D eigenvalue weighted by Gasteiger charge is -2.26. The molecular formula is C24H27N7O7S3. The summed E-state index contributed by atoms with van der Waals surface area (Å²) >= 11 is 1.15. The van der Waals surface area contributed by atoms with Gasteiger partial charge in [-0.3, -0.25) is 4.79 Å². The normalized spacial score (nSPS) is 15.3. The third-order valence-electron chi connectivity index (χ3n) is 6.29. The summed E-state index contributed by atoms with van der Waals surface area (Å²) in [6.07, 6.45) is 0. The number of carbonyl (C=O) groups excluding carboxylic acids is 1. The Morgan fingerprint density at radius 2 is 1.76 bits per heavy atom. The van der Waals surface area contributed by atoms with Gasteiger partial charge in [0.05, 0.1) is 35.7 Å². The highest BCUT2D eigenvalue weighted by Crippen LogP contribution is 2.37. The summed E-state index contributed by atoms with van der Waals surface area (Å²) < 4.78 is 62.3. The molecule has 14 nitrogen and oxygen atoms in total. The smallest absolute Gasteiger partial charge is 0.274 e. The fourth-order valence-corrected chi connectivity index (χ4v) is 7.51. The molecule has 1 saturated heterocycles. The second-order valence-electron chi connectivity index (χ2n) is 9.15. The van der Waals surface area contributed by atoms with Gasteiger partial charge in [0.15, 0.2) is 15.1 Å². The first-order valence-corrected chi connectivity index (χ1v) is 16.5. The Labute approximate surface area is 239 Å². The molecule has 0 radical (unpaired) electrons. The summed E-state index contributed by atoms with van der Waals surface area (Å²) in [6, 6.07) is 12.8. The molecule has 0 saturated carbocycles. The molecule has 17 heteroatoms. The summed E-state index contributed by atoms with van der Waals surface area (Å²) in [7, 11) is -7.95. The van der Waals surface area contributed by atoms with Crippen LogP contribution in [-0.4, -0.2) is 81.4 Å². The maximum Gasteiger partial charge on any atom is 0.274 e. The predicted molar refractivity (Wildman–Crippen MR) is 151 cm³/mol. The van der Waals surface area contributed by atoms with E-state index in [1.165, 1.54) is 0 Å². The first-order valence-electron chi connectivity index (χ1n) is 12.4. The molecule has 218 valence electrons. The van der Waals surface area contributed by atoms with Crippen LogP contribution in [0.1, 0.15) is 32.4 Å². The Morgan fingerprint density at radius 1 is 1.05 bits per heavy atom. The van der Waals surface area contributed by atoms with Crippen molar-refractivity contribution in [2.45, 2.75) is 11.8 Å². The van der Waals surface area contributed by atoms with Crippen LogP contribution >= 0.6 is 11.3 Å². The molecule has 1 fully saturated rings. The number of sulfone groups is 1. The van der Waals surface area contributed by atoms with Crippen LogP contribution in [0.15, 0.2) is 46.9 Å². The molecule has 0 spiro atoms. The van der Waals surface area contributed by atoms with Gasteiger partial charge in [0.25, 0.3) is 16.1 Å². The maximum absolute atomic E-state index is 13.2. The van der Waals surface area contributed by atoms with Gasteiger partial charge >= 0.3 is 0 Å². The van der Waals surface area contributed by atoms with E-state index in [0.717, 1.165) is 27.2 Å². The van der Waals surface area contributed by atoms with E-state index in [2.05, 4.69) is 15.2 Å². The Hall–Kier alpha value is -3.32. The molecule has 4 aromatic rings. The first kappa shape index (κ1) is 29.2. The number of nitrogens with one attached hydrogen (secondary N) is 1. The van der Waals surface area contributed by atoms with Crippen molar-refractivity contribution >= 4 is 47.5 Å². The summed E-state index contributed by atoms with van der Waals surface area (Å²) in [5, 5.41) is 11.3. The number of hydrogen-bond acceptors (Lipinski definition) is 12. The molecule has 0 bridgehead atoms. The number of nitrogens with zero attached hydrogens (tertiary/aromatic N) is 4. The van der Waals surface area contributed by atoms with Crippen LogP contribution < -0.4 is 15.6 Å². The van der Waals surface area contributed by atoms with E-state index >= 15 is 0 Å². The minimum absolute atomic E-state index is 0.0447. The summed E-state index contributed by atoms with van der Waals surface area (Å²) in [4.78, 5) is 19.1. The molecule has 1 aliphatic rings. The Kier molecular flexibility index (Phi) is 8.46. The number of aromatic nitrogens is 3. The molecule has 5 rings (SSSR count). The van der Waals surface area contributed by atoms with E-state index in [0.29, 0.717) is 37.4 Å². The van der Waals surface area contributed by atoms with Crippen molar-refractivity contribution in [1.29, 1.82) is 0 Å². The Morgan fingerprint density at radius 3 is 2.44 bits per heavy atom. The highest BCUT2D eigenvalue weighted by Gasteiger charge is 2.36. The van der Waals surface area contributed by atoms with Crippen molar-refractivity contribution < 1.29 is 30.8 Å². The lowest BCUT2D eigenvalue weighted by Crippen LogP contribution is -2.40. The molecule has 1 amide bonds. The molecule has 1 aliphatic heterocycles. The third kappa shape index (κ3) is 6.78. The summed E-state index contributed by atoms with van der Waals surface area (Å²) in [6.45, 7) is 1.63. The SMILES string of the molecule is NCCS(=O)(=O)C(c1nnc(CNS(N)(=O)=O)o1)c1nc2ccc(-c3ccc(C(=O)N4CCOCC4)cc3)cc2s1. The maximum atomic E-state index is 13.2. The number of ether oxygens (including phenoxy) is 1. The van der Waals surface area contributed by atoms with E-state index in [1.807, 2.05) is 29.0 Å². The molecule has 2 aromatic heterocycles. The van der Waals surface area contributed by atoms with E-state index in [1.54, 1.807) is 23.1 Å². The molecule has 0 aliphatic carbocycles. The van der Waals surface area contributed by atoms with Crippen LogP contribution in [0.3, 0.4) is 0 Å². The van der Waals surface area contributed by atoms with Crippen LogP contribution in [0, 0.1) is 0 Å². The van der Waals surface area contributed by atoms with E-state index < -0.39 is 31.8 Å². The number of carbonyl (C=O) groups is 1. The number of fused-ring (bicyclic) bond motifs is 1. The van der Waals surface area contributed by atoms with E-state index in [-0.39, 0.29) is 35.0 Å². The highest BCUT2D eigenvalue weighted by molar-refractivity contribution is 7.92. The van der Waals surface area contributed by atoms with Crippen molar-refractivity contribution in [3.63, 3.8) is 0 Å². The van der Waals surface area contributed by atoms with Crippen LogP contribution in [0.2, 0.25) is 0 Å². The summed E-state index contributed by atoms with van der Waals surface area (Å²) in [5.74, 6) is -0.830. The molecule has 1 unspecified atom stereocenters. The second kappa shape index (κ2) is 11.9. The number of nitrogens with two attached hydrogens (primary N) is 2. The minimum Gasteiger partial charge on any atom is -0.422 e. The molecule has 5 N–H and O–H groups in total. The average molecular weight is 622 g/mol. The van der Waals surface area contributed by atoms with Crippen molar-refractivity contribution in [2.75, 3.05) is 38.6 Å². The fourth-order valence-electron chi connectivity index (χ4n) is 4.29. The first-order chi connectivity index (χ1) is 19.5. The molecule has 41 heavy (non-hydrogen) atoms.